The van der Waals surface area contributed by atoms with E-state index in [1.54, 1.807) is 18.3 Å². The molecule has 1 aliphatic rings. The summed E-state index contributed by atoms with van der Waals surface area (Å²) in [6.07, 6.45) is 4.17. The largest absolute Gasteiger partial charge is 0.508 e. The van der Waals surface area contributed by atoms with Crippen LogP contribution in [0.15, 0.2) is 30.5 Å². The fourth-order valence-electron chi connectivity index (χ4n) is 1.85. The highest BCUT2D eigenvalue weighted by molar-refractivity contribution is 5.93. The number of anilines is 1. The minimum atomic E-state index is 0.201. The lowest BCUT2D eigenvalue weighted by atomic mass is 10.1. The Hall–Kier alpha value is -1.77. The zero-order valence-corrected chi connectivity index (χ0v) is 9.20. The standard InChI is InChI=1S/C13H14N2O/c1-13(5-6-13)15-12-11-8-10(16)3-2-9(11)4-7-14-12/h2-4,7-8,16H,5-6H2,1H3,(H,14,15). The number of phenols is 1. The molecule has 0 radical (unpaired) electrons. The van der Waals surface area contributed by atoms with E-state index in [1.165, 1.54) is 12.8 Å². The summed E-state index contributed by atoms with van der Waals surface area (Å²) in [5.74, 6) is 1.15. The maximum absolute atomic E-state index is 9.51. The van der Waals surface area contributed by atoms with E-state index in [4.69, 9.17) is 0 Å². The summed E-state index contributed by atoms with van der Waals surface area (Å²) in [6, 6.07) is 7.32. The van der Waals surface area contributed by atoms with Crippen molar-refractivity contribution in [2.75, 3.05) is 5.32 Å². The molecular formula is C13H14N2O. The highest BCUT2D eigenvalue weighted by Crippen LogP contribution is 2.39. The molecule has 3 nitrogen and oxygen atoms in total. The zero-order valence-electron chi connectivity index (χ0n) is 9.20. The monoisotopic (exact) mass is 214 g/mol. The molecule has 1 aromatic heterocycles. The summed E-state index contributed by atoms with van der Waals surface area (Å²) >= 11 is 0. The van der Waals surface area contributed by atoms with Gasteiger partial charge in [-0.25, -0.2) is 4.98 Å². The van der Waals surface area contributed by atoms with Crippen molar-refractivity contribution < 1.29 is 5.11 Å². The van der Waals surface area contributed by atoms with Crippen molar-refractivity contribution in [2.24, 2.45) is 0 Å². The average molecular weight is 214 g/mol. The molecule has 82 valence electrons. The van der Waals surface area contributed by atoms with E-state index in [2.05, 4.69) is 17.2 Å². The molecule has 1 saturated carbocycles. The van der Waals surface area contributed by atoms with Crippen LogP contribution in [0.5, 0.6) is 5.75 Å². The number of hydrogen-bond donors (Lipinski definition) is 2. The Balaban J connectivity index is 2.12. The van der Waals surface area contributed by atoms with Crippen LogP contribution in [-0.4, -0.2) is 15.6 Å². The number of pyridine rings is 1. The summed E-state index contributed by atoms with van der Waals surface area (Å²) in [5, 5.41) is 15.0. The molecule has 1 aliphatic carbocycles. The van der Waals surface area contributed by atoms with Gasteiger partial charge in [0.2, 0.25) is 0 Å². The lowest BCUT2D eigenvalue weighted by Gasteiger charge is -2.14. The van der Waals surface area contributed by atoms with Crippen LogP contribution in [0.1, 0.15) is 19.8 Å². The summed E-state index contributed by atoms with van der Waals surface area (Å²) in [5.41, 5.74) is 0.201. The number of hydrogen-bond acceptors (Lipinski definition) is 3. The fraction of sp³-hybridized carbons (Fsp3) is 0.308. The third-order valence-corrected chi connectivity index (χ3v) is 3.17. The van der Waals surface area contributed by atoms with Crippen LogP contribution in [0.25, 0.3) is 10.8 Å². The SMILES string of the molecule is CC1(Nc2nccc3ccc(O)cc23)CC1. The van der Waals surface area contributed by atoms with Crippen LogP contribution in [0.4, 0.5) is 5.82 Å². The van der Waals surface area contributed by atoms with Gasteiger partial charge in [0.05, 0.1) is 0 Å². The Morgan fingerprint density at radius 1 is 1.31 bits per heavy atom. The molecule has 2 aromatic rings. The van der Waals surface area contributed by atoms with Crippen molar-refractivity contribution in [3.63, 3.8) is 0 Å². The maximum Gasteiger partial charge on any atom is 0.134 e. The highest BCUT2D eigenvalue weighted by Gasteiger charge is 2.37. The molecule has 0 spiro atoms. The number of phenolic OH excluding ortho intramolecular Hbond substituents is 1. The van der Waals surface area contributed by atoms with E-state index in [1.807, 2.05) is 12.1 Å². The van der Waals surface area contributed by atoms with Crippen molar-refractivity contribution in [3.05, 3.63) is 30.5 Å². The second-order valence-electron chi connectivity index (χ2n) is 4.75. The first kappa shape index (κ1) is 9.46. The number of fused-ring (bicyclic) bond motifs is 1. The van der Waals surface area contributed by atoms with Gasteiger partial charge in [0.25, 0.3) is 0 Å². The highest BCUT2D eigenvalue weighted by atomic mass is 16.3. The van der Waals surface area contributed by atoms with Gasteiger partial charge in [-0.05, 0) is 43.4 Å². The quantitative estimate of drug-likeness (QED) is 0.808. The van der Waals surface area contributed by atoms with Crippen LogP contribution in [-0.2, 0) is 0 Å². The summed E-state index contributed by atoms with van der Waals surface area (Å²) in [4.78, 5) is 4.35. The Kier molecular flexibility index (Phi) is 1.84. The van der Waals surface area contributed by atoms with Gasteiger partial charge in [-0.3, -0.25) is 0 Å². The van der Waals surface area contributed by atoms with Crippen LogP contribution < -0.4 is 5.32 Å². The Morgan fingerprint density at radius 2 is 2.12 bits per heavy atom. The first-order chi connectivity index (χ1) is 7.66. The van der Waals surface area contributed by atoms with Crippen molar-refractivity contribution in [1.82, 2.24) is 4.98 Å². The molecule has 1 fully saturated rings. The normalized spacial score (nSPS) is 17.3. The van der Waals surface area contributed by atoms with Gasteiger partial charge in [-0.15, -0.1) is 0 Å². The van der Waals surface area contributed by atoms with Gasteiger partial charge in [0.15, 0.2) is 0 Å². The molecule has 0 amide bonds. The Bertz CT molecular complexity index is 547. The number of benzene rings is 1. The number of aromatic hydroxyl groups is 1. The third-order valence-electron chi connectivity index (χ3n) is 3.17. The van der Waals surface area contributed by atoms with E-state index < -0.39 is 0 Å². The van der Waals surface area contributed by atoms with Gasteiger partial charge in [-0.2, -0.15) is 0 Å². The van der Waals surface area contributed by atoms with Crippen LogP contribution >= 0.6 is 0 Å². The molecule has 0 bridgehead atoms. The third kappa shape index (κ3) is 1.58. The molecule has 0 saturated heterocycles. The number of rotatable bonds is 2. The number of aromatic nitrogens is 1. The van der Waals surface area contributed by atoms with Gasteiger partial charge >= 0.3 is 0 Å². The molecule has 2 N–H and O–H groups in total. The van der Waals surface area contributed by atoms with Crippen molar-refractivity contribution in [1.29, 1.82) is 0 Å². The van der Waals surface area contributed by atoms with Gasteiger partial charge in [0.1, 0.15) is 11.6 Å². The molecule has 3 rings (SSSR count). The number of nitrogens with zero attached hydrogens (tertiary/aromatic N) is 1. The topological polar surface area (TPSA) is 45.2 Å². The lowest BCUT2D eigenvalue weighted by Crippen LogP contribution is -2.16. The van der Waals surface area contributed by atoms with Gasteiger partial charge in [-0.1, -0.05) is 6.07 Å². The first-order valence-corrected chi connectivity index (χ1v) is 5.52. The zero-order chi connectivity index (χ0) is 11.2. The van der Waals surface area contributed by atoms with Gasteiger partial charge < -0.3 is 10.4 Å². The first-order valence-electron chi connectivity index (χ1n) is 5.52. The van der Waals surface area contributed by atoms with Crippen molar-refractivity contribution >= 4 is 16.6 Å². The smallest absolute Gasteiger partial charge is 0.134 e. The van der Waals surface area contributed by atoms with Crippen LogP contribution in [0.3, 0.4) is 0 Å². The predicted molar refractivity (Wildman–Crippen MR) is 64.7 cm³/mol. The molecule has 1 aromatic carbocycles. The molecule has 3 heteroatoms. The van der Waals surface area contributed by atoms with E-state index in [0.29, 0.717) is 0 Å². The summed E-state index contributed by atoms with van der Waals surface area (Å²) in [6.45, 7) is 2.19. The fourth-order valence-corrected chi connectivity index (χ4v) is 1.85. The minimum Gasteiger partial charge on any atom is -0.508 e. The van der Waals surface area contributed by atoms with Gasteiger partial charge in [0, 0.05) is 17.1 Å². The van der Waals surface area contributed by atoms with Crippen LogP contribution in [0, 0.1) is 0 Å². The maximum atomic E-state index is 9.51. The minimum absolute atomic E-state index is 0.201. The Labute approximate surface area is 94.1 Å². The van der Waals surface area contributed by atoms with E-state index in [-0.39, 0.29) is 11.3 Å². The van der Waals surface area contributed by atoms with Crippen LogP contribution in [0.2, 0.25) is 0 Å². The molecule has 0 unspecified atom stereocenters. The molecule has 0 atom stereocenters. The average Bonchev–Trinajstić information content (AvgIpc) is 2.97. The second kappa shape index (κ2) is 3.11. The number of nitrogens with one attached hydrogen (secondary N) is 1. The molecule has 0 aliphatic heterocycles. The van der Waals surface area contributed by atoms with Crippen molar-refractivity contribution in [2.45, 2.75) is 25.3 Å². The second-order valence-corrected chi connectivity index (χ2v) is 4.75. The van der Waals surface area contributed by atoms with E-state index >= 15 is 0 Å². The van der Waals surface area contributed by atoms with Crippen molar-refractivity contribution in [3.8, 4) is 5.75 Å². The molecule has 1 heterocycles. The van der Waals surface area contributed by atoms with E-state index in [9.17, 15) is 5.11 Å². The summed E-state index contributed by atoms with van der Waals surface area (Å²) < 4.78 is 0. The summed E-state index contributed by atoms with van der Waals surface area (Å²) in [7, 11) is 0. The molecule has 16 heavy (non-hydrogen) atoms. The Morgan fingerprint density at radius 3 is 2.88 bits per heavy atom. The molecular weight excluding hydrogens is 200 g/mol. The lowest BCUT2D eigenvalue weighted by molar-refractivity contribution is 0.476. The predicted octanol–water partition coefficient (Wildman–Crippen LogP) is 2.90. The van der Waals surface area contributed by atoms with E-state index in [0.717, 1.165) is 16.6 Å².